The van der Waals surface area contributed by atoms with Crippen LogP contribution in [-0.4, -0.2) is 26.9 Å². The first-order valence-corrected chi connectivity index (χ1v) is 12.2. The molecular weight excluding hydrogens is 396 g/mol. The van der Waals surface area contributed by atoms with Crippen LogP contribution in [-0.2, 0) is 14.8 Å². The number of sulfonamides is 1. The summed E-state index contributed by atoms with van der Waals surface area (Å²) < 4.78 is 27.1. The zero-order valence-corrected chi connectivity index (χ0v) is 17.9. The molecule has 5 rings (SSSR count). The first-order chi connectivity index (χ1) is 13.3. The monoisotopic (exact) mass is 424 g/mol. The van der Waals surface area contributed by atoms with Gasteiger partial charge in [0.2, 0.25) is 15.9 Å². The van der Waals surface area contributed by atoms with Gasteiger partial charge in [0, 0.05) is 24.0 Å². The molecule has 0 aliphatic heterocycles. The summed E-state index contributed by atoms with van der Waals surface area (Å²) in [4.78, 5) is 12.6. The van der Waals surface area contributed by atoms with Gasteiger partial charge < -0.3 is 5.32 Å². The molecule has 1 unspecified atom stereocenters. The molecule has 1 atom stereocenters. The van der Waals surface area contributed by atoms with Gasteiger partial charge in [-0.15, -0.1) is 0 Å². The maximum absolute atomic E-state index is 12.5. The molecule has 2 N–H and O–H groups in total. The smallest absolute Gasteiger partial charge is 0.240 e. The number of hydrogen-bond acceptors (Lipinski definition) is 3. The summed E-state index contributed by atoms with van der Waals surface area (Å²) in [5.74, 6) is 2.45. The zero-order chi connectivity index (χ0) is 19.9. The maximum Gasteiger partial charge on any atom is 0.240 e. The van der Waals surface area contributed by atoms with Crippen molar-refractivity contribution in [3.8, 4) is 0 Å². The van der Waals surface area contributed by atoms with Crippen LogP contribution in [0.2, 0.25) is 5.02 Å². The van der Waals surface area contributed by atoms with E-state index in [1.807, 2.05) is 0 Å². The highest BCUT2D eigenvalue weighted by atomic mass is 35.5. The molecule has 154 valence electrons. The van der Waals surface area contributed by atoms with Crippen molar-refractivity contribution in [2.24, 2.45) is 23.2 Å². The Morgan fingerprint density at radius 1 is 1.11 bits per heavy atom. The molecule has 0 saturated heterocycles. The van der Waals surface area contributed by atoms with E-state index in [2.05, 4.69) is 17.0 Å². The normalized spacial score (nSPS) is 32.3. The molecule has 7 heteroatoms. The molecule has 28 heavy (non-hydrogen) atoms. The second-order valence-electron chi connectivity index (χ2n) is 9.17. The van der Waals surface area contributed by atoms with E-state index in [1.165, 1.54) is 62.8 Å². The van der Waals surface area contributed by atoms with Crippen molar-refractivity contribution >= 4 is 27.5 Å². The van der Waals surface area contributed by atoms with Crippen LogP contribution < -0.4 is 10.0 Å². The summed E-state index contributed by atoms with van der Waals surface area (Å²) in [6, 6.07) is 6.15. The van der Waals surface area contributed by atoms with E-state index in [9.17, 15) is 13.2 Å². The Balaban J connectivity index is 1.28. The van der Waals surface area contributed by atoms with Crippen molar-refractivity contribution in [3.63, 3.8) is 0 Å². The minimum atomic E-state index is -3.63. The molecule has 0 spiro atoms. The highest BCUT2D eigenvalue weighted by Crippen LogP contribution is 2.61. The number of hydrogen-bond donors (Lipinski definition) is 2. The molecule has 5 nitrogen and oxygen atoms in total. The average Bonchev–Trinajstić information content (AvgIpc) is 2.60. The summed E-state index contributed by atoms with van der Waals surface area (Å²) in [7, 11) is -3.63. The van der Waals surface area contributed by atoms with E-state index in [0.717, 1.165) is 17.8 Å². The first-order valence-electron chi connectivity index (χ1n) is 10.3. The largest absolute Gasteiger partial charge is 0.353 e. The third-order valence-electron chi connectivity index (χ3n) is 7.15. The van der Waals surface area contributed by atoms with Crippen LogP contribution in [0.25, 0.3) is 0 Å². The summed E-state index contributed by atoms with van der Waals surface area (Å²) in [6.45, 7) is 2.23. The molecule has 0 aromatic heterocycles. The summed E-state index contributed by atoms with van der Waals surface area (Å²) in [6.07, 6.45) is 8.01. The van der Waals surface area contributed by atoms with Crippen LogP contribution in [0.4, 0.5) is 0 Å². The standard InChI is InChI=1S/C21H29ClN2O3S/c1-14(21-11-15-8-16(12-21)10-17(9-15)13-21)24-20(25)6-7-23-28(26,27)19-4-2-18(22)3-5-19/h2-5,14-17,23H,6-13H2,1H3,(H,24,25). The van der Waals surface area contributed by atoms with Gasteiger partial charge in [0.05, 0.1) is 4.90 Å². The lowest BCUT2D eigenvalue weighted by molar-refractivity contribution is -0.125. The number of amides is 1. The molecular formula is C21H29ClN2O3S. The lowest BCUT2D eigenvalue weighted by Gasteiger charge is -2.59. The molecule has 1 aromatic rings. The van der Waals surface area contributed by atoms with Gasteiger partial charge in [0.25, 0.3) is 0 Å². The molecule has 0 radical (unpaired) electrons. The lowest BCUT2D eigenvalue weighted by Crippen LogP contribution is -2.56. The van der Waals surface area contributed by atoms with Gasteiger partial charge in [-0.25, -0.2) is 13.1 Å². The SMILES string of the molecule is CC(NC(=O)CCNS(=O)(=O)c1ccc(Cl)cc1)C12CC3CC(CC(C3)C1)C2. The number of carbonyl (C=O) groups excluding carboxylic acids is 1. The quantitative estimate of drug-likeness (QED) is 0.700. The van der Waals surface area contributed by atoms with Gasteiger partial charge >= 0.3 is 0 Å². The van der Waals surface area contributed by atoms with Crippen molar-refractivity contribution in [2.75, 3.05) is 6.54 Å². The predicted molar refractivity (Wildman–Crippen MR) is 109 cm³/mol. The zero-order valence-electron chi connectivity index (χ0n) is 16.3. The number of nitrogens with one attached hydrogen (secondary N) is 2. The van der Waals surface area contributed by atoms with Gasteiger partial charge in [-0.2, -0.15) is 0 Å². The third kappa shape index (κ3) is 4.10. The molecule has 1 aromatic carbocycles. The van der Waals surface area contributed by atoms with E-state index in [4.69, 9.17) is 11.6 Å². The van der Waals surface area contributed by atoms with E-state index < -0.39 is 10.0 Å². The lowest BCUT2D eigenvalue weighted by atomic mass is 9.48. The average molecular weight is 425 g/mol. The number of benzene rings is 1. The second kappa shape index (κ2) is 7.62. The Morgan fingerprint density at radius 2 is 1.64 bits per heavy atom. The molecule has 4 saturated carbocycles. The third-order valence-corrected chi connectivity index (χ3v) is 8.88. The Morgan fingerprint density at radius 3 is 2.18 bits per heavy atom. The first kappa shape index (κ1) is 20.2. The minimum Gasteiger partial charge on any atom is -0.353 e. The van der Waals surface area contributed by atoms with Crippen molar-refractivity contribution in [2.45, 2.75) is 62.8 Å². The number of halogens is 1. The second-order valence-corrected chi connectivity index (χ2v) is 11.4. The highest BCUT2D eigenvalue weighted by Gasteiger charge is 2.53. The van der Waals surface area contributed by atoms with Gasteiger partial charge in [0.1, 0.15) is 0 Å². The minimum absolute atomic E-state index is 0.0814. The van der Waals surface area contributed by atoms with Crippen molar-refractivity contribution < 1.29 is 13.2 Å². The van der Waals surface area contributed by atoms with Gasteiger partial charge in [-0.05, 0) is 92.9 Å². The van der Waals surface area contributed by atoms with Crippen LogP contribution in [0.3, 0.4) is 0 Å². The van der Waals surface area contributed by atoms with Crippen LogP contribution in [0, 0.1) is 23.2 Å². The highest BCUT2D eigenvalue weighted by molar-refractivity contribution is 7.89. The number of rotatable bonds is 7. The van der Waals surface area contributed by atoms with E-state index in [-0.39, 0.29) is 35.2 Å². The summed E-state index contributed by atoms with van der Waals surface area (Å²) in [5, 5.41) is 3.66. The molecule has 4 fully saturated rings. The topological polar surface area (TPSA) is 75.3 Å². The van der Waals surface area contributed by atoms with Crippen molar-refractivity contribution in [1.82, 2.24) is 10.0 Å². The van der Waals surface area contributed by atoms with Crippen LogP contribution in [0.5, 0.6) is 0 Å². The van der Waals surface area contributed by atoms with Gasteiger partial charge in [-0.1, -0.05) is 11.6 Å². The Kier molecular flexibility index (Phi) is 5.49. The molecule has 4 aliphatic rings. The summed E-state index contributed by atoms with van der Waals surface area (Å²) >= 11 is 5.80. The van der Waals surface area contributed by atoms with Gasteiger partial charge in [-0.3, -0.25) is 4.79 Å². The number of carbonyl (C=O) groups is 1. The summed E-state index contributed by atoms with van der Waals surface area (Å²) in [5.41, 5.74) is 0.257. The van der Waals surface area contributed by atoms with Crippen LogP contribution in [0.15, 0.2) is 29.2 Å². The fraction of sp³-hybridized carbons (Fsp3) is 0.667. The van der Waals surface area contributed by atoms with Gasteiger partial charge in [0.15, 0.2) is 0 Å². The van der Waals surface area contributed by atoms with Crippen molar-refractivity contribution in [1.29, 1.82) is 0 Å². The molecule has 4 bridgehead atoms. The Bertz CT molecular complexity index is 802. The molecule has 4 aliphatic carbocycles. The Hall–Kier alpha value is -1.11. The fourth-order valence-corrected chi connectivity index (χ4v) is 7.33. The fourth-order valence-electron chi connectivity index (χ4n) is 6.17. The Labute approximate surface area is 172 Å². The molecule has 1 amide bonds. The maximum atomic E-state index is 12.5. The van der Waals surface area contributed by atoms with Crippen LogP contribution in [0.1, 0.15) is 51.9 Å². The van der Waals surface area contributed by atoms with E-state index in [0.29, 0.717) is 5.02 Å². The molecule has 0 heterocycles. The predicted octanol–water partition coefficient (Wildman–Crippen LogP) is 3.73. The van der Waals surface area contributed by atoms with E-state index >= 15 is 0 Å². The van der Waals surface area contributed by atoms with Crippen LogP contribution >= 0.6 is 11.6 Å². The van der Waals surface area contributed by atoms with Crippen molar-refractivity contribution in [3.05, 3.63) is 29.3 Å². The van der Waals surface area contributed by atoms with E-state index in [1.54, 1.807) is 0 Å².